The van der Waals surface area contributed by atoms with Crippen LogP contribution >= 0.6 is 11.3 Å². The maximum Gasteiger partial charge on any atom is 0.243 e. The minimum atomic E-state index is -0.566. The fourth-order valence-electron chi connectivity index (χ4n) is 5.59. The molecule has 3 N–H and O–H groups in total. The smallest absolute Gasteiger partial charge is 0.243 e. The van der Waals surface area contributed by atoms with Gasteiger partial charge in [0, 0.05) is 58.3 Å². The SMILES string of the molecule is CCc1ccc2nc(C[C@H](CC(=O)NC)C(=O)N[C@H](CNC(=O)/C=C/CN3CCCCC3)C3CCOCC3)sc2c1. The van der Waals surface area contributed by atoms with E-state index in [2.05, 4.69) is 39.9 Å². The highest BCUT2D eigenvalue weighted by Gasteiger charge is 2.30. The molecular weight excluding hydrogens is 538 g/mol. The van der Waals surface area contributed by atoms with Crippen molar-refractivity contribution in [2.75, 3.05) is 46.4 Å². The first-order valence-corrected chi connectivity index (χ1v) is 15.9. The van der Waals surface area contributed by atoms with E-state index >= 15 is 0 Å². The zero-order valence-corrected chi connectivity index (χ0v) is 25.3. The van der Waals surface area contributed by atoms with Gasteiger partial charge in [0.15, 0.2) is 0 Å². The Kier molecular flexibility index (Phi) is 12.1. The summed E-state index contributed by atoms with van der Waals surface area (Å²) in [5.41, 5.74) is 2.16. The van der Waals surface area contributed by atoms with E-state index in [0.29, 0.717) is 26.2 Å². The normalized spacial score (nSPS) is 18.3. The van der Waals surface area contributed by atoms with Crippen molar-refractivity contribution in [1.82, 2.24) is 25.8 Å². The minimum Gasteiger partial charge on any atom is -0.381 e. The summed E-state index contributed by atoms with van der Waals surface area (Å²) in [7, 11) is 1.58. The van der Waals surface area contributed by atoms with Crippen LogP contribution in [0.2, 0.25) is 0 Å². The second-order valence-corrected chi connectivity index (χ2v) is 12.2. The van der Waals surface area contributed by atoms with Crippen LogP contribution in [0.1, 0.15) is 56.0 Å². The average Bonchev–Trinajstić information content (AvgIpc) is 3.41. The highest BCUT2D eigenvalue weighted by molar-refractivity contribution is 7.18. The molecule has 0 unspecified atom stereocenters. The summed E-state index contributed by atoms with van der Waals surface area (Å²) in [6.07, 6.45) is 10.3. The van der Waals surface area contributed by atoms with E-state index in [0.717, 1.165) is 54.1 Å². The van der Waals surface area contributed by atoms with Gasteiger partial charge in [-0.25, -0.2) is 4.98 Å². The largest absolute Gasteiger partial charge is 0.381 e. The third-order valence-corrected chi connectivity index (χ3v) is 9.19. The van der Waals surface area contributed by atoms with Crippen molar-refractivity contribution in [2.24, 2.45) is 11.8 Å². The van der Waals surface area contributed by atoms with Crippen molar-refractivity contribution in [1.29, 1.82) is 0 Å². The van der Waals surface area contributed by atoms with E-state index in [1.54, 1.807) is 24.5 Å². The van der Waals surface area contributed by atoms with E-state index in [4.69, 9.17) is 9.72 Å². The number of amides is 3. The molecule has 2 atom stereocenters. The first-order valence-electron chi connectivity index (χ1n) is 15.1. The minimum absolute atomic E-state index is 0.0740. The molecule has 3 heterocycles. The molecule has 2 aliphatic rings. The van der Waals surface area contributed by atoms with Crippen LogP contribution in [0, 0.1) is 11.8 Å². The van der Waals surface area contributed by atoms with Gasteiger partial charge in [-0.2, -0.15) is 0 Å². The maximum absolute atomic E-state index is 13.7. The second-order valence-electron chi connectivity index (χ2n) is 11.1. The number of piperidine rings is 1. The molecule has 41 heavy (non-hydrogen) atoms. The Balaban J connectivity index is 1.40. The van der Waals surface area contributed by atoms with Gasteiger partial charge in [0.2, 0.25) is 17.7 Å². The van der Waals surface area contributed by atoms with Crippen molar-refractivity contribution >= 4 is 39.3 Å². The van der Waals surface area contributed by atoms with Crippen molar-refractivity contribution in [3.05, 3.63) is 40.9 Å². The first-order chi connectivity index (χ1) is 19.9. The average molecular weight is 584 g/mol. The molecule has 224 valence electrons. The molecule has 4 rings (SSSR count). The van der Waals surface area contributed by atoms with Gasteiger partial charge in [-0.3, -0.25) is 19.3 Å². The highest BCUT2D eigenvalue weighted by Crippen LogP contribution is 2.27. The third-order valence-electron chi connectivity index (χ3n) is 8.15. The van der Waals surface area contributed by atoms with Crippen LogP contribution in [0.3, 0.4) is 0 Å². The Morgan fingerprint density at radius 2 is 1.95 bits per heavy atom. The lowest BCUT2D eigenvalue weighted by molar-refractivity contribution is -0.131. The summed E-state index contributed by atoms with van der Waals surface area (Å²) in [5.74, 6) is -0.913. The van der Waals surface area contributed by atoms with Crippen molar-refractivity contribution in [2.45, 2.75) is 64.3 Å². The van der Waals surface area contributed by atoms with E-state index in [9.17, 15) is 14.4 Å². The number of thiazole rings is 1. The number of benzene rings is 1. The molecule has 2 saturated heterocycles. The lowest BCUT2D eigenvalue weighted by atomic mass is 9.90. The quantitative estimate of drug-likeness (QED) is 0.312. The number of hydrogen-bond donors (Lipinski definition) is 3. The first kappa shape index (κ1) is 31.1. The number of hydrogen-bond acceptors (Lipinski definition) is 7. The number of fused-ring (bicyclic) bond motifs is 1. The van der Waals surface area contributed by atoms with Crippen LogP contribution in [0.25, 0.3) is 10.2 Å². The standard InChI is InChI=1S/C31H45N5O4S/c1-3-22-9-10-25-27(18-22)41-30(34-25)20-24(19-29(38)32-2)31(39)35-26(23-11-16-40-17-12-23)21-33-28(37)8-7-15-36-13-5-4-6-14-36/h7-10,18,23-24,26H,3-6,11-17,19-21H2,1-2H3,(H,32,38)(H,33,37)(H,35,39)/b8-7+/t24-,26+/m0/s1. The third kappa shape index (κ3) is 9.61. The topological polar surface area (TPSA) is 113 Å². The molecule has 0 saturated carbocycles. The van der Waals surface area contributed by atoms with Gasteiger partial charge in [0.25, 0.3) is 0 Å². The van der Waals surface area contributed by atoms with Crippen molar-refractivity contribution < 1.29 is 19.1 Å². The summed E-state index contributed by atoms with van der Waals surface area (Å²) in [6.45, 7) is 6.66. The number of aryl methyl sites for hydroxylation is 1. The fraction of sp³-hybridized carbons (Fsp3) is 0.613. The number of aromatic nitrogens is 1. The number of carbonyl (C=O) groups is 3. The second kappa shape index (κ2) is 16.0. The summed E-state index contributed by atoms with van der Waals surface area (Å²) >= 11 is 1.58. The van der Waals surface area contributed by atoms with Crippen LogP contribution in [0.15, 0.2) is 30.4 Å². The van der Waals surface area contributed by atoms with Gasteiger partial charge in [0.05, 0.1) is 21.1 Å². The predicted octanol–water partition coefficient (Wildman–Crippen LogP) is 3.22. The van der Waals surface area contributed by atoms with E-state index in [-0.39, 0.29) is 36.1 Å². The molecule has 10 heteroatoms. The Morgan fingerprint density at radius 1 is 1.17 bits per heavy atom. The predicted molar refractivity (Wildman–Crippen MR) is 163 cm³/mol. The number of nitrogens with zero attached hydrogens (tertiary/aromatic N) is 2. The lowest BCUT2D eigenvalue weighted by Gasteiger charge is -2.32. The fourth-order valence-corrected chi connectivity index (χ4v) is 6.70. The molecule has 2 aliphatic heterocycles. The number of carbonyl (C=O) groups excluding carboxylic acids is 3. The van der Waals surface area contributed by atoms with Gasteiger partial charge >= 0.3 is 0 Å². The van der Waals surface area contributed by atoms with E-state index in [1.807, 2.05) is 12.1 Å². The van der Waals surface area contributed by atoms with Crippen molar-refractivity contribution in [3.63, 3.8) is 0 Å². The Labute approximate surface area is 247 Å². The molecule has 1 aromatic carbocycles. The van der Waals surface area contributed by atoms with Crippen LogP contribution in [-0.2, 0) is 32.0 Å². The van der Waals surface area contributed by atoms with Crippen molar-refractivity contribution in [3.8, 4) is 0 Å². The molecule has 0 bridgehead atoms. The summed E-state index contributed by atoms with van der Waals surface area (Å²) in [5, 5.41) is 9.71. The maximum atomic E-state index is 13.7. The Morgan fingerprint density at radius 3 is 2.68 bits per heavy atom. The van der Waals surface area contributed by atoms with Gasteiger partial charge < -0.3 is 20.7 Å². The van der Waals surface area contributed by atoms with Gasteiger partial charge in [-0.1, -0.05) is 25.5 Å². The Hall–Kier alpha value is -2.82. The van der Waals surface area contributed by atoms with Gasteiger partial charge in [0.1, 0.15) is 0 Å². The molecule has 2 fully saturated rings. The molecule has 0 aliphatic carbocycles. The lowest BCUT2D eigenvalue weighted by Crippen LogP contribution is -2.51. The number of rotatable bonds is 13. The molecule has 3 amide bonds. The number of ether oxygens (including phenoxy) is 1. The molecule has 1 aromatic heterocycles. The monoisotopic (exact) mass is 583 g/mol. The van der Waals surface area contributed by atoms with Crippen LogP contribution in [0.4, 0.5) is 0 Å². The summed E-state index contributed by atoms with van der Waals surface area (Å²) in [6, 6.07) is 6.00. The van der Waals surface area contributed by atoms with Gasteiger partial charge in [-0.05, 0) is 68.8 Å². The van der Waals surface area contributed by atoms with Gasteiger partial charge in [-0.15, -0.1) is 11.3 Å². The number of likely N-dealkylation sites (tertiary alicyclic amines) is 1. The zero-order valence-electron chi connectivity index (χ0n) is 24.5. The zero-order chi connectivity index (χ0) is 29.0. The van der Waals surface area contributed by atoms with Crippen LogP contribution in [-0.4, -0.2) is 80.1 Å². The molecule has 9 nitrogen and oxygen atoms in total. The number of nitrogens with one attached hydrogen (secondary N) is 3. The highest BCUT2D eigenvalue weighted by atomic mass is 32.1. The van der Waals surface area contributed by atoms with E-state index < -0.39 is 5.92 Å². The molecular formula is C31H45N5O4S. The molecule has 0 spiro atoms. The van der Waals surface area contributed by atoms with Crippen LogP contribution < -0.4 is 16.0 Å². The molecule has 0 radical (unpaired) electrons. The molecule has 2 aromatic rings. The summed E-state index contributed by atoms with van der Waals surface area (Å²) in [4.78, 5) is 45.8. The van der Waals surface area contributed by atoms with Crippen LogP contribution in [0.5, 0.6) is 0 Å². The Bertz CT molecular complexity index is 1190. The van der Waals surface area contributed by atoms with E-state index in [1.165, 1.54) is 24.8 Å². The summed E-state index contributed by atoms with van der Waals surface area (Å²) < 4.78 is 6.65.